The maximum Gasteiger partial charge on any atom is 0.0850 e. The van der Waals surface area contributed by atoms with Crippen LogP contribution >= 0.6 is 0 Å². The average molecular weight is 278 g/mol. The van der Waals surface area contributed by atoms with Crippen molar-refractivity contribution in [2.45, 2.75) is 32.3 Å². The number of benzene rings is 2. The standard InChI is InChI=1S/C20H22O/c1-14-4-6-18(7-5-14)16(3)19-10-8-17(9-11-19)15(2)12-20-13-21-20/h4-11,16,20H,2,12-13H2,1,3H3. The zero-order chi connectivity index (χ0) is 14.8. The SMILES string of the molecule is C=C(CC1CO1)c1ccc(C(C)c2ccc(C)cc2)cc1. The van der Waals surface area contributed by atoms with Crippen LogP contribution in [-0.2, 0) is 4.74 Å². The van der Waals surface area contributed by atoms with Gasteiger partial charge in [-0.05, 0) is 29.2 Å². The Morgan fingerprint density at radius 2 is 1.62 bits per heavy atom. The van der Waals surface area contributed by atoms with E-state index in [0.29, 0.717) is 12.0 Å². The lowest BCUT2D eigenvalue weighted by Gasteiger charge is -2.14. The van der Waals surface area contributed by atoms with Gasteiger partial charge in [-0.1, -0.05) is 67.6 Å². The number of rotatable bonds is 5. The number of hydrogen-bond donors (Lipinski definition) is 0. The lowest BCUT2D eigenvalue weighted by atomic mass is 9.91. The van der Waals surface area contributed by atoms with E-state index in [-0.39, 0.29) is 0 Å². The van der Waals surface area contributed by atoms with E-state index < -0.39 is 0 Å². The van der Waals surface area contributed by atoms with E-state index in [1.807, 2.05) is 0 Å². The van der Waals surface area contributed by atoms with Gasteiger partial charge in [-0.15, -0.1) is 0 Å². The summed E-state index contributed by atoms with van der Waals surface area (Å²) < 4.78 is 5.27. The van der Waals surface area contributed by atoms with Crippen molar-refractivity contribution in [3.05, 3.63) is 77.4 Å². The highest BCUT2D eigenvalue weighted by molar-refractivity contribution is 5.64. The first-order chi connectivity index (χ1) is 10.1. The molecule has 3 rings (SSSR count). The van der Waals surface area contributed by atoms with Gasteiger partial charge in [0.1, 0.15) is 0 Å². The summed E-state index contributed by atoms with van der Waals surface area (Å²) in [7, 11) is 0. The quantitative estimate of drug-likeness (QED) is 0.705. The molecule has 0 aromatic heterocycles. The molecule has 2 aromatic carbocycles. The van der Waals surface area contributed by atoms with Crippen LogP contribution in [0.5, 0.6) is 0 Å². The van der Waals surface area contributed by atoms with Gasteiger partial charge in [-0.2, -0.15) is 0 Å². The smallest absolute Gasteiger partial charge is 0.0850 e. The van der Waals surface area contributed by atoms with Crippen molar-refractivity contribution in [1.29, 1.82) is 0 Å². The minimum absolute atomic E-state index is 0.406. The monoisotopic (exact) mass is 278 g/mol. The Balaban J connectivity index is 1.73. The van der Waals surface area contributed by atoms with Gasteiger partial charge in [0.05, 0.1) is 12.7 Å². The number of hydrogen-bond acceptors (Lipinski definition) is 1. The number of epoxide rings is 1. The molecule has 0 saturated carbocycles. The van der Waals surface area contributed by atoms with Crippen molar-refractivity contribution in [3.8, 4) is 0 Å². The second-order valence-corrected chi connectivity index (χ2v) is 6.02. The van der Waals surface area contributed by atoms with Gasteiger partial charge in [0.25, 0.3) is 0 Å². The molecule has 1 nitrogen and oxygen atoms in total. The molecule has 1 heteroatoms. The lowest BCUT2D eigenvalue weighted by molar-refractivity contribution is 0.412. The molecule has 0 bridgehead atoms. The average Bonchev–Trinajstić information content (AvgIpc) is 3.31. The zero-order valence-corrected chi connectivity index (χ0v) is 12.8. The Kier molecular flexibility index (Phi) is 3.94. The van der Waals surface area contributed by atoms with Crippen molar-refractivity contribution in [2.75, 3.05) is 6.61 Å². The number of aryl methyl sites for hydroxylation is 1. The predicted molar refractivity (Wildman–Crippen MR) is 88.5 cm³/mol. The molecule has 0 amide bonds. The molecule has 0 N–H and O–H groups in total. The maximum atomic E-state index is 5.27. The van der Waals surface area contributed by atoms with Crippen LogP contribution in [-0.4, -0.2) is 12.7 Å². The van der Waals surface area contributed by atoms with Crippen LogP contribution in [0.1, 0.15) is 41.5 Å². The molecule has 2 aromatic rings. The van der Waals surface area contributed by atoms with Gasteiger partial charge in [-0.25, -0.2) is 0 Å². The number of ether oxygens (including phenoxy) is 1. The highest BCUT2D eigenvalue weighted by Crippen LogP contribution is 2.28. The fourth-order valence-corrected chi connectivity index (χ4v) is 2.63. The van der Waals surface area contributed by atoms with Gasteiger partial charge >= 0.3 is 0 Å². The highest BCUT2D eigenvalue weighted by Gasteiger charge is 2.23. The molecule has 2 atom stereocenters. The Morgan fingerprint density at radius 3 is 2.14 bits per heavy atom. The van der Waals surface area contributed by atoms with E-state index in [1.54, 1.807) is 0 Å². The van der Waals surface area contributed by atoms with E-state index in [4.69, 9.17) is 4.74 Å². The fourth-order valence-electron chi connectivity index (χ4n) is 2.63. The maximum absolute atomic E-state index is 5.27. The normalized spacial score (nSPS) is 18.3. The van der Waals surface area contributed by atoms with Crippen LogP contribution < -0.4 is 0 Å². The van der Waals surface area contributed by atoms with Gasteiger partial charge in [0.15, 0.2) is 0 Å². The third-order valence-corrected chi connectivity index (χ3v) is 4.27. The van der Waals surface area contributed by atoms with E-state index >= 15 is 0 Å². The summed E-state index contributed by atoms with van der Waals surface area (Å²) in [5.41, 5.74) is 6.41. The predicted octanol–water partition coefficient (Wildman–Crippen LogP) is 4.95. The van der Waals surface area contributed by atoms with E-state index in [0.717, 1.165) is 13.0 Å². The minimum atomic E-state index is 0.406. The van der Waals surface area contributed by atoms with Crippen LogP contribution in [0.25, 0.3) is 5.57 Å². The van der Waals surface area contributed by atoms with E-state index in [9.17, 15) is 0 Å². The molecule has 0 spiro atoms. The molecule has 1 heterocycles. The van der Waals surface area contributed by atoms with Gasteiger partial charge < -0.3 is 4.74 Å². The fraction of sp³-hybridized carbons (Fsp3) is 0.300. The second kappa shape index (κ2) is 5.87. The highest BCUT2D eigenvalue weighted by atomic mass is 16.6. The first kappa shape index (κ1) is 14.1. The molecule has 108 valence electrons. The summed E-state index contributed by atoms with van der Waals surface area (Å²) >= 11 is 0. The van der Waals surface area contributed by atoms with Gasteiger partial charge in [-0.3, -0.25) is 0 Å². The van der Waals surface area contributed by atoms with Crippen molar-refractivity contribution in [3.63, 3.8) is 0 Å². The van der Waals surface area contributed by atoms with Crippen molar-refractivity contribution < 1.29 is 4.74 Å². The first-order valence-corrected chi connectivity index (χ1v) is 7.60. The summed E-state index contributed by atoms with van der Waals surface area (Å²) in [4.78, 5) is 0. The molecular formula is C20H22O. The summed E-state index contributed by atoms with van der Waals surface area (Å²) in [5, 5.41) is 0. The van der Waals surface area contributed by atoms with E-state index in [1.165, 1.54) is 27.8 Å². The largest absolute Gasteiger partial charge is 0.373 e. The third kappa shape index (κ3) is 3.43. The van der Waals surface area contributed by atoms with Crippen LogP contribution in [0.4, 0.5) is 0 Å². The first-order valence-electron chi connectivity index (χ1n) is 7.60. The Morgan fingerprint density at radius 1 is 1.10 bits per heavy atom. The second-order valence-electron chi connectivity index (χ2n) is 6.02. The third-order valence-electron chi connectivity index (χ3n) is 4.27. The molecule has 2 unspecified atom stereocenters. The zero-order valence-electron chi connectivity index (χ0n) is 12.8. The Labute approximate surface area is 127 Å². The van der Waals surface area contributed by atoms with Gasteiger partial charge in [0.2, 0.25) is 0 Å². The van der Waals surface area contributed by atoms with Crippen molar-refractivity contribution >= 4 is 5.57 Å². The summed E-state index contributed by atoms with van der Waals surface area (Å²) in [5.74, 6) is 0.416. The summed E-state index contributed by atoms with van der Waals surface area (Å²) in [6, 6.07) is 17.6. The van der Waals surface area contributed by atoms with Crippen LogP contribution in [0.3, 0.4) is 0 Å². The van der Waals surface area contributed by atoms with Crippen LogP contribution in [0.15, 0.2) is 55.1 Å². The summed E-state index contributed by atoms with van der Waals surface area (Å²) in [6.45, 7) is 9.44. The molecule has 21 heavy (non-hydrogen) atoms. The molecule has 1 aliphatic heterocycles. The van der Waals surface area contributed by atoms with Crippen molar-refractivity contribution in [1.82, 2.24) is 0 Å². The molecule has 1 saturated heterocycles. The van der Waals surface area contributed by atoms with E-state index in [2.05, 4.69) is 69.0 Å². The molecular weight excluding hydrogens is 256 g/mol. The Hall–Kier alpha value is -1.86. The molecule has 0 radical (unpaired) electrons. The van der Waals surface area contributed by atoms with Gasteiger partial charge in [0, 0.05) is 12.3 Å². The van der Waals surface area contributed by atoms with Crippen molar-refractivity contribution in [2.24, 2.45) is 0 Å². The molecule has 0 aliphatic carbocycles. The van der Waals surface area contributed by atoms with Crippen LogP contribution in [0.2, 0.25) is 0 Å². The lowest BCUT2D eigenvalue weighted by Crippen LogP contribution is -1.97. The molecule has 1 fully saturated rings. The molecule has 1 aliphatic rings. The summed E-state index contributed by atoms with van der Waals surface area (Å²) in [6.07, 6.45) is 1.36. The Bertz CT molecular complexity index is 618. The topological polar surface area (TPSA) is 12.5 Å². The van der Waals surface area contributed by atoms with Crippen LogP contribution in [0, 0.1) is 6.92 Å². The minimum Gasteiger partial charge on any atom is -0.373 e.